The maximum absolute atomic E-state index is 11.8. The number of carbonyl (C=O) groups excluding carboxylic acids is 1. The van der Waals surface area contributed by atoms with Crippen LogP contribution >= 0.6 is 0 Å². The highest BCUT2D eigenvalue weighted by Crippen LogP contribution is 2.22. The van der Waals surface area contributed by atoms with Crippen molar-refractivity contribution in [1.29, 1.82) is 0 Å². The van der Waals surface area contributed by atoms with Crippen molar-refractivity contribution in [3.8, 4) is 0 Å². The molecular weight excluding hydrogens is 444 g/mol. The van der Waals surface area contributed by atoms with Crippen LogP contribution in [0, 0.1) is 0 Å². The lowest BCUT2D eigenvalue weighted by Crippen LogP contribution is -2.59. The fraction of sp³-hybridized carbons (Fsp3) is 0.880. The summed E-state index contributed by atoms with van der Waals surface area (Å²) in [5.74, 6) is -0.391. The van der Waals surface area contributed by atoms with Gasteiger partial charge in [0.1, 0.15) is 37.1 Å². The number of unbranched alkanes of at least 4 members (excludes halogenated alkanes) is 9. The number of ether oxygens (including phenoxy) is 3. The zero-order valence-corrected chi connectivity index (χ0v) is 20.6. The summed E-state index contributed by atoms with van der Waals surface area (Å²) in [6.07, 6.45) is 9.27. The van der Waals surface area contributed by atoms with Crippen molar-refractivity contribution < 1.29 is 44.5 Å². The van der Waals surface area contributed by atoms with Crippen LogP contribution in [0.15, 0.2) is 12.2 Å². The molecule has 0 radical (unpaired) electrons. The summed E-state index contributed by atoms with van der Waals surface area (Å²) in [4.78, 5) is 11.8. The minimum atomic E-state index is -1.55. The molecule has 0 aromatic carbocycles. The van der Waals surface area contributed by atoms with Crippen LogP contribution in [-0.4, -0.2) is 88.1 Å². The topological polar surface area (TPSA) is 146 Å². The van der Waals surface area contributed by atoms with E-state index >= 15 is 0 Å². The van der Waals surface area contributed by atoms with E-state index < -0.39 is 49.4 Å². The Bertz CT molecular complexity index is 540. The van der Waals surface area contributed by atoms with Crippen LogP contribution in [0.25, 0.3) is 0 Å². The summed E-state index contributed by atoms with van der Waals surface area (Å²) < 4.78 is 15.5. The molecule has 0 aromatic rings. The van der Waals surface area contributed by atoms with Crippen LogP contribution in [0.2, 0.25) is 0 Å². The van der Waals surface area contributed by atoms with Crippen molar-refractivity contribution in [2.75, 3.05) is 19.8 Å². The van der Waals surface area contributed by atoms with Gasteiger partial charge in [0, 0.05) is 6.42 Å². The minimum Gasteiger partial charge on any atom is -0.463 e. The quantitative estimate of drug-likeness (QED) is 0.104. The average Bonchev–Trinajstić information content (AvgIpc) is 2.83. The normalized spacial score (nSPS) is 26.1. The molecule has 1 heterocycles. The maximum atomic E-state index is 11.8. The van der Waals surface area contributed by atoms with E-state index in [1.807, 2.05) is 0 Å². The Morgan fingerprint density at radius 3 is 2.15 bits per heavy atom. The average molecular weight is 491 g/mol. The van der Waals surface area contributed by atoms with Crippen molar-refractivity contribution in [2.45, 2.75) is 121 Å². The standard InChI is InChI=1S/C25H46O9/c1-2-3-4-5-6-7-8-9-10-11-12-13-14-15-21(28)32-17-19(27)18-33-25-24(31)23(30)22(29)20(16-26)34-25/h7-8,19-20,22-27,29-31H,2-6,9-18H2,1H3/b8-7-/t19-,20-,22+,23+,24-,25-/m1/s1. The molecule has 0 aromatic heterocycles. The first-order valence-corrected chi connectivity index (χ1v) is 12.8. The van der Waals surface area contributed by atoms with Gasteiger partial charge < -0.3 is 39.7 Å². The molecule has 9 heteroatoms. The summed E-state index contributed by atoms with van der Waals surface area (Å²) in [7, 11) is 0. The van der Waals surface area contributed by atoms with Gasteiger partial charge in [-0.2, -0.15) is 0 Å². The predicted octanol–water partition coefficient (Wildman–Crippen LogP) is 1.96. The van der Waals surface area contributed by atoms with E-state index in [0.717, 1.165) is 38.5 Å². The third kappa shape index (κ3) is 13.1. The van der Waals surface area contributed by atoms with Crippen molar-refractivity contribution in [3.63, 3.8) is 0 Å². The second-order valence-corrected chi connectivity index (χ2v) is 8.99. The SMILES string of the molecule is CCCCCC/C=C\CCCCCCCC(=O)OC[C@@H](O)CO[C@@H]1O[C@H](CO)[C@H](O)[C@H](O)[C@H]1O. The highest BCUT2D eigenvalue weighted by molar-refractivity contribution is 5.69. The monoisotopic (exact) mass is 490 g/mol. The molecule has 0 bridgehead atoms. The largest absolute Gasteiger partial charge is 0.463 e. The third-order valence-corrected chi connectivity index (χ3v) is 5.88. The van der Waals surface area contributed by atoms with Gasteiger partial charge in [0.15, 0.2) is 6.29 Å². The lowest BCUT2D eigenvalue weighted by atomic mass is 9.99. The fourth-order valence-corrected chi connectivity index (χ4v) is 3.71. The maximum Gasteiger partial charge on any atom is 0.305 e. The molecule has 1 aliphatic rings. The van der Waals surface area contributed by atoms with E-state index in [1.165, 1.54) is 32.1 Å². The number of hydrogen-bond donors (Lipinski definition) is 5. The molecule has 200 valence electrons. The molecular formula is C25H46O9. The Balaban J connectivity index is 2.02. The highest BCUT2D eigenvalue weighted by atomic mass is 16.7. The van der Waals surface area contributed by atoms with Crippen molar-refractivity contribution >= 4 is 5.97 Å². The Morgan fingerprint density at radius 1 is 0.882 bits per heavy atom. The number of carbonyl (C=O) groups is 1. The molecule has 1 saturated heterocycles. The van der Waals surface area contributed by atoms with E-state index in [1.54, 1.807) is 0 Å². The Kier molecular flexibility index (Phi) is 17.4. The van der Waals surface area contributed by atoms with E-state index in [2.05, 4.69) is 19.1 Å². The van der Waals surface area contributed by atoms with Crippen LogP contribution in [0.1, 0.15) is 84.0 Å². The number of allylic oxidation sites excluding steroid dienone is 2. The van der Waals surface area contributed by atoms with Gasteiger partial charge in [-0.1, -0.05) is 57.6 Å². The van der Waals surface area contributed by atoms with Gasteiger partial charge in [-0.3, -0.25) is 4.79 Å². The third-order valence-electron chi connectivity index (χ3n) is 5.88. The first-order chi connectivity index (χ1) is 16.4. The molecule has 0 spiro atoms. The fourth-order valence-electron chi connectivity index (χ4n) is 3.71. The van der Waals surface area contributed by atoms with E-state index in [4.69, 9.17) is 19.3 Å². The number of rotatable bonds is 19. The van der Waals surface area contributed by atoms with Crippen LogP contribution < -0.4 is 0 Å². The van der Waals surface area contributed by atoms with Gasteiger partial charge >= 0.3 is 5.97 Å². The second kappa shape index (κ2) is 19.2. The van der Waals surface area contributed by atoms with Gasteiger partial charge in [-0.15, -0.1) is 0 Å². The Labute approximate surface area is 203 Å². The second-order valence-electron chi connectivity index (χ2n) is 8.99. The number of hydrogen-bond acceptors (Lipinski definition) is 9. The molecule has 1 aliphatic heterocycles. The van der Waals surface area contributed by atoms with Crippen LogP contribution in [0.5, 0.6) is 0 Å². The van der Waals surface area contributed by atoms with Crippen molar-refractivity contribution in [3.05, 3.63) is 12.2 Å². The molecule has 1 fully saturated rings. The molecule has 34 heavy (non-hydrogen) atoms. The zero-order valence-electron chi connectivity index (χ0n) is 20.6. The molecule has 0 aliphatic carbocycles. The van der Waals surface area contributed by atoms with Crippen LogP contribution in [0.4, 0.5) is 0 Å². The first kappa shape index (κ1) is 31.0. The lowest BCUT2D eigenvalue weighted by molar-refractivity contribution is -0.305. The zero-order chi connectivity index (χ0) is 25.2. The van der Waals surface area contributed by atoms with Gasteiger partial charge in [0.2, 0.25) is 0 Å². The molecule has 1 rings (SSSR count). The lowest BCUT2D eigenvalue weighted by Gasteiger charge is -2.39. The van der Waals surface area contributed by atoms with Gasteiger partial charge in [-0.05, 0) is 32.1 Å². The summed E-state index contributed by atoms with van der Waals surface area (Å²) in [6.45, 7) is 1.07. The first-order valence-electron chi connectivity index (χ1n) is 12.8. The summed E-state index contributed by atoms with van der Waals surface area (Å²) in [6, 6.07) is 0. The van der Waals surface area contributed by atoms with E-state index in [-0.39, 0.29) is 19.6 Å². The number of aliphatic hydroxyl groups is 5. The molecule has 6 atom stereocenters. The Hall–Kier alpha value is -1.07. The molecule has 0 amide bonds. The predicted molar refractivity (Wildman–Crippen MR) is 127 cm³/mol. The van der Waals surface area contributed by atoms with Crippen molar-refractivity contribution in [2.24, 2.45) is 0 Å². The minimum absolute atomic E-state index is 0.263. The van der Waals surface area contributed by atoms with Crippen LogP contribution in [-0.2, 0) is 19.0 Å². The number of aliphatic hydroxyl groups excluding tert-OH is 5. The molecule has 5 N–H and O–H groups in total. The smallest absolute Gasteiger partial charge is 0.305 e. The van der Waals surface area contributed by atoms with Crippen molar-refractivity contribution in [1.82, 2.24) is 0 Å². The van der Waals surface area contributed by atoms with Gasteiger partial charge in [0.05, 0.1) is 13.2 Å². The van der Waals surface area contributed by atoms with Gasteiger partial charge in [0.25, 0.3) is 0 Å². The highest BCUT2D eigenvalue weighted by Gasteiger charge is 2.44. The number of esters is 1. The van der Waals surface area contributed by atoms with Gasteiger partial charge in [-0.25, -0.2) is 0 Å². The molecule has 0 unspecified atom stereocenters. The summed E-state index contributed by atoms with van der Waals surface area (Å²) in [5.41, 5.74) is 0. The molecule has 0 saturated carbocycles. The Morgan fingerprint density at radius 2 is 1.50 bits per heavy atom. The summed E-state index contributed by atoms with van der Waals surface area (Å²) in [5, 5.41) is 48.4. The molecule has 9 nitrogen and oxygen atoms in total. The van der Waals surface area contributed by atoms with Crippen LogP contribution in [0.3, 0.4) is 0 Å². The summed E-state index contributed by atoms with van der Waals surface area (Å²) >= 11 is 0. The van der Waals surface area contributed by atoms with E-state index in [9.17, 15) is 25.2 Å². The van der Waals surface area contributed by atoms with E-state index in [0.29, 0.717) is 0 Å².